The average molecular weight is 282 g/mol. The zero-order valence-electron chi connectivity index (χ0n) is 12.4. The van der Waals surface area contributed by atoms with E-state index >= 15 is 0 Å². The van der Waals surface area contributed by atoms with Crippen LogP contribution in [0.5, 0.6) is 0 Å². The molecular formula is C15H26N2O3. The van der Waals surface area contributed by atoms with Gasteiger partial charge in [0.15, 0.2) is 0 Å². The number of hydrogen-bond acceptors (Lipinski definition) is 2. The van der Waals surface area contributed by atoms with E-state index in [1.807, 2.05) is 16.7 Å². The molecule has 0 aromatic heterocycles. The van der Waals surface area contributed by atoms with Gasteiger partial charge < -0.3 is 14.9 Å². The zero-order valence-corrected chi connectivity index (χ0v) is 12.4. The number of carboxylic acid groups (broad SMARTS) is 1. The number of likely N-dealkylation sites (tertiary alicyclic amines) is 1. The summed E-state index contributed by atoms with van der Waals surface area (Å²) in [5.41, 5.74) is 0. The van der Waals surface area contributed by atoms with Gasteiger partial charge in [0.2, 0.25) is 0 Å². The molecule has 114 valence electrons. The van der Waals surface area contributed by atoms with Crippen LogP contribution in [0.1, 0.15) is 51.9 Å². The molecule has 0 bridgehead atoms. The lowest BCUT2D eigenvalue weighted by Crippen LogP contribution is -2.49. The van der Waals surface area contributed by atoms with Crippen molar-refractivity contribution in [3.05, 3.63) is 0 Å². The van der Waals surface area contributed by atoms with E-state index in [9.17, 15) is 9.59 Å². The van der Waals surface area contributed by atoms with Crippen LogP contribution in [-0.4, -0.2) is 52.6 Å². The van der Waals surface area contributed by atoms with E-state index in [0.717, 1.165) is 32.2 Å². The first-order valence-electron chi connectivity index (χ1n) is 7.89. The molecule has 0 radical (unpaired) electrons. The van der Waals surface area contributed by atoms with E-state index in [1.165, 1.54) is 12.8 Å². The SMILES string of the molecule is CCN(C(=O)N1CCC(CC(=O)O)CC1)C1CCCC1. The Bertz CT molecular complexity index is 345. The van der Waals surface area contributed by atoms with Gasteiger partial charge in [0.1, 0.15) is 0 Å². The molecular weight excluding hydrogens is 256 g/mol. The van der Waals surface area contributed by atoms with Gasteiger partial charge >= 0.3 is 12.0 Å². The van der Waals surface area contributed by atoms with Gasteiger partial charge in [0, 0.05) is 32.1 Å². The maximum Gasteiger partial charge on any atom is 0.320 e. The van der Waals surface area contributed by atoms with Crippen LogP contribution >= 0.6 is 0 Å². The summed E-state index contributed by atoms with van der Waals surface area (Å²) in [7, 11) is 0. The third-order valence-electron chi connectivity index (χ3n) is 4.70. The van der Waals surface area contributed by atoms with Crippen LogP contribution in [0, 0.1) is 5.92 Å². The molecule has 0 unspecified atom stereocenters. The molecule has 5 heteroatoms. The van der Waals surface area contributed by atoms with Gasteiger partial charge in [-0.25, -0.2) is 4.79 Å². The van der Waals surface area contributed by atoms with Gasteiger partial charge in [0.05, 0.1) is 0 Å². The Morgan fingerprint density at radius 1 is 1.15 bits per heavy atom. The molecule has 0 aromatic carbocycles. The number of nitrogens with zero attached hydrogens (tertiary/aromatic N) is 2. The summed E-state index contributed by atoms with van der Waals surface area (Å²) in [6, 6.07) is 0.581. The Morgan fingerprint density at radius 3 is 2.25 bits per heavy atom. The van der Waals surface area contributed by atoms with E-state index < -0.39 is 5.97 Å². The number of piperidine rings is 1. The minimum Gasteiger partial charge on any atom is -0.481 e. The third-order valence-corrected chi connectivity index (χ3v) is 4.70. The van der Waals surface area contributed by atoms with E-state index in [1.54, 1.807) is 0 Å². The first kappa shape index (κ1) is 15.1. The molecule has 1 heterocycles. The van der Waals surface area contributed by atoms with Gasteiger partial charge in [-0.05, 0) is 38.5 Å². The quantitative estimate of drug-likeness (QED) is 0.862. The van der Waals surface area contributed by atoms with Crippen molar-refractivity contribution in [2.75, 3.05) is 19.6 Å². The molecule has 1 N–H and O–H groups in total. The van der Waals surface area contributed by atoms with Crippen molar-refractivity contribution in [3.8, 4) is 0 Å². The second-order valence-corrected chi connectivity index (χ2v) is 6.04. The summed E-state index contributed by atoms with van der Waals surface area (Å²) < 4.78 is 0. The second kappa shape index (κ2) is 6.95. The number of rotatable bonds is 4. The van der Waals surface area contributed by atoms with Crippen molar-refractivity contribution >= 4 is 12.0 Å². The van der Waals surface area contributed by atoms with Gasteiger partial charge in [-0.3, -0.25) is 4.79 Å². The summed E-state index contributed by atoms with van der Waals surface area (Å²) in [4.78, 5) is 27.2. The number of carbonyl (C=O) groups is 2. The highest BCUT2D eigenvalue weighted by atomic mass is 16.4. The van der Waals surface area contributed by atoms with Crippen LogP contribution in [0.2, 0.25) is 0 Å². The molecule has 2 fully saturated rings. The second-order valence-electron chi connectivity index (χ2n) is 6.04. The van der Waals surface area contributed by atoms with Crippen LogP contribution in [-0.2, 0) is 4.79 Å². The molecule has 1 aliphatic heterocycles. The van der Waals surface area contributed by atoms with Crippen LogP contribution < -0.4 is 0 Å². The molecule has 2 rings (SSSR count). The predicted octanol–water partition coefficient (Wildman–Crippen LogP) is 2.56. The Morgan fingerprint density at radius 2 is 1.75 bits per heavy atom. The molecule has 0 spiro atoms. The Labute approximate surface area is 120 Å². The minimum absolute atomic E-state index is 0.160. The summed E-state index contributed by atoms with van der Waals surface area (Å²) >= 11 is 0. The normalized spacial score (nSPS) is 21.1. The van der Waals surface area contributed by atoms with E-state index in [-0.39, 0.29) is 18.4 Å². The number of urea groups is 1. The van der Waals surface area contributed by atoms with Gasteiger partial charge in [-0.15, -0.1) is 0 Å². The molecule has 0 atom stereocenters. The zero-order chi connectivity index (χ0) is 14.5. The fourth-order valence-corrected chi connectivity index (χ4v) is 3.52. The van der Waals surface area contributed by atoms with Gasteiger partial charge in [-0.2, -0.15) is 0 Å². The van der Waals surface area contributed by atoms with Gasteiger partial charge in [-0.1, -0.05) is 12.8 Å². The monoisotopic (exact) mass is 282 g/mol. The fourth-order valence-electron chi connectivity index (χ4n) is 3.52. The largest absolute Gasteiger partial charge is 0.481 e. The predicted molar refractivity (Wildman–Crippen MR) is 76.6 cm³/mol. The Balaban J connectivity index is 1.85. The highest BCUT2D eigenvalue weighted by molar-refractivity contribution is 5.75. The van der Waals surface area contributed by atoms with Crippen LogP contribution in [0.15, 0.2) is 0 Å². The van der Waals surface area contributed by atoms with Crippen molar-refractivity contribution in [3.63, 3.8) is 0 Å². The Kier molecular flexibility index (Phi) is 5.26. The maximum atomic E-state index is 12.6. The molecule has 2 aliphatic rings. The van der Waals surface area contributed by atoms with E-state index in [2.05, 4.69) is 0 Å². The number of aliphatic carboxylic acids is 1. The molecule has 20 heavy (non-hydrogen) atoms. The molecule has 1 aliphatic carbocycles. The molecule has 0 aromatic rings. The number of hydrogen-bond donors (Lipinski definition) is 1. The smallest absolute Gasteiger partial charge is 0.320 e. The summed E-state index contributed by atoms with van der Waals surface area (Å²) in [5, 5.41) is 8.82. The summed E-state index contributed by atoms with van der Waals surface area (Å²) in [5.74, 6) is -0.492. The summed E-state index contributed by atoms with van der Waals surface area (Å²) in [6.07, 6.45) is 6.61. The Hall–Kier alpha value is -1.26. The van der Waals surface area contributed by atoms with Crippen molar-refractivity contribution in [2.45, 2.75) is 57.9 Å². The van der Waals surface area contributed by atoms with Crippen molar-refractivity contribution in [2.24, 2.45) is 5.92 Å². The first-order chi connectivity index (χ1) is 9.61. The first-order valence-corrected chi connectivity index (χ1v) is 7.89. The lowest BCUT2D eigenvalue weighted by molar-refractivity contribution is -0.138. The number of carbonyl (C=O) groups excluding carboxylic acids is 1. The minimum atomic E-state index is -0.726. The molecule has 2 amide bonds. The van der Waals surface area contributed by atoms with Gasteiger partial charge in [0.25, 0.3) is 0 Å². The molecule has 5 nitrogen and oxygen atoms in total. The standard InChI is InChI=1S/C15H26N2O3/c1-2-17(13-5-3-4-6-13)15(20)16-9-7-12(8-10-16)11-14(18)19/h12-13H,2-11H2,1H3,(H,18,19). The number of amides is 2. The van der Waals surface area contributed by atoms with Crippen LogP contribution in [0.25, 0.3) is 0 Å². The third kappa shape index (κ3) is 3.64. The van der Waals surface area contributed by atoms with E-state index in [4.69, 9.17) is 5.11 Å². The number of carboxylic acids is 1. The topological polar surface area (TPSA) is 60.9 Å². The molecule has 1 saturated carbocycles. The highest BCUT2D eigenvalue weighted by Gasteiger charge is 2.31. The van der Waals surface area contributed by atoms with Crippen LogP contribution in [0.4, 0.5) is 4.79 Å². The summed E-state index contributed by atoms with van der Waals surface area (Å²) in [6.45, 7) is 4.24. The van der Waals surface area contributed by atoms with E-state index in [0.29, 0.717) is 19.1 Å². The van der Waals surface area contributed by atoms with Crippen LogP contribution in [0.3, 0.4) is 0 Å². The highest BCUT2D eigenvalue weighted by Crippen LogP contribution is 2.26. The molecule has 1 saturated heterocycles. The lowest BCUT2D eigenvalue weighted by atomic mass is 9.94. The van der Waals surface area contributed by atoms with Crippen molar-refractivity contribution in [1.29, 1.82) is 0 Å². The van der Waals surface area contributed by atoms with Crippen molar-refractivity contribution in [1.82, 2.24) is 9.80 Å². The lowest BCUT2D eigenvalue weighted by Gasteiger charge is -2.37. The average Bonchev–Trinajstić information content (AvgIpc) is 2.93. The fraction of sp³-hybridized carbons (Fsp3) is 0.867. The maximum absolute atomic E-state index is 12.6. The van der Waals surface area contributed by atoms with Crippen molar-refractivity contribution < 1.29 is 14.7 Å².